The van der Waals surface area contributed by atoms with Crippen LogP contribution in [0, 0.1) is 6.92 Å². The van der Waals surface area contributed by atoms with Crippen molar-refractivity contribution >= 4 is 17.4 Å². The van der Waals surface area contributed by atoms with Gasteiger partial charge in [-0.25, -0.2) is 0 Å². The van der Waals surface area contributed by atoms with Crippen LogP contribution in [-0.2, 0) is 0 Å². The first-order valence-electron chi connectivity index (χ1n) is 6.00. The average Bonchev–Trinajstić information content (AvgIpc) is 2.37. The highest BCUT2D eigenvalue weighted by Gasteiger charge is 2.11. The van der Waals surface area contributed by atoms with Gasteiger partial charge < -0.3 is 4.74 Å². The maximum Gasteiger partial charge on any atom is 0.194 e. The Bertz CT molecular complexity index is 591. The third-order valence-corrected chi connectivity index (χ3v) is 2.81. The summed E-state index contributed by atoms with van der Waals surface area (Å²) >= 11 is 5.97. The number of nitrogens with zero attached hydrogens (tertiary/aromatic N) is 1. The second-order valence-electron chi connectivity index (χ2n) is 4.19. The smallest absolute Gasteiger partial charge is 0.194 e. The van der Waals surface area contributed by atoms with Crippen molar-refractivity contribution in [2.75, 3.05) is 6.61 Å². The molecule has 1 aromatic carbocycles. The number of carbonyl (C=O) groups is 1. The summed E-state index contributed by atoms with van der Waals surface area (Å²) in [5.74, 6) is 0.478. The number of halogens is 1. The van der Waals surface area contributed by atoms with Gasteiger partial charge in [0.1, 0.15) is 5.75 Å². The van der Waals surface area contributed by atoms with Crippen molar-refractivity contribution in [2.24, 2.45) is 0 Å². The first-order chi connectivity index (χ1) is 9.10. The van der Waals surface area contributed by atoms with Crippen LogP contribution in [0.2, 0.25) is 5.02 Å². The van der Waals surface area contributed by atoms with E-state index in [-0.39, 0.29) is 5.78 Å². The second kappa shape index (κ2) is 5.85. The molecule has 0 aliphatic rings. The molecule has 0 amide bonds. The molecule has 1 heterocycles. The summed E-state index contributed by atoms with van der Waals surface area (Å²) in [6, 6.07) is 6.97. The van der Waals surface area contributed by atoms with E-state index < -0.39 is 0 Å². The number of aryl methyl sites for hydroxylation is 1. The summed E-state index contributed by atoms with van der Waals surface area (Å²) < 4.78 is 5.34. The molecule has 0 bridgehead atoms. The number of ketones is 1. The molecule has 3 nitrogen and oxygen atoms in total. The van der Waals surface area contributed by atoms with Crippen LogP contribution >= 0.6 is 11.6 Å². The topological polar surface area (TPSA) is 39.2 Å². The van der Waals surface area contributed by atoms with Crippen LogP contribution in [-0.4, -0.2) is 17.4 Å². The van der Waals surface area contributed by atoms with Crippen LogP contribution in [0.4, 0.5) is 0 Å². The summed E-state index contributed by atoms with van der Waals surface area (Å²) in [7, 11) is 0. The number of pyridine rings is 1. The molecule has 0 unspecified atom stereocenters. The molecule has 98 valence electrons. The molecule has 0 saturated carbocycles. The molecule has 1 aromatic heterocycles. The third-order valence-electron chi connectivity index (χ3n) is 2.59. The zero-order chi connectivity index (χ0) is 13.8. The Balaban J connectivity index is 2.35. The van der Waals surface area contributed by atoms with E-state index >= 15 is 0 Å². The van der Waals surface area contributed by atoms with E-state index in [0.717, 1.165) is 5.56 Å². The van der Waals surface area contributed by atoms with Crippen LogP contribution in [0.3, 0.4) is 0 Å². The number of rotatable bonds is 4. The summed E-state index contributed by atoms with van der Waals surface area (Å²) in [5, 5.41) is 0.553. The Morgan fingerprint density at radius 1 is 1.21 bits per heavy atom. The van der Waals surface area contributed by atoms with Crippen LogP contribution in [0.15, 0.2) is 36.7 Å². The minimum Gasteiger partial charge on any atom is -0.492 e. The Kier molecular flexibility index (Phi) is 4.17. The predicted octanol–water partition coefficient (Wildman–Crippen LogP) is 3.67. The van der Waals surface area contributed by atoms with E-state index in [0.29, 0.717) is 28.5 Å². The van der Waals surface area contributed by atoms with Crippen molar-refractivity contribution < 1.29 is 9.53 Å². The van der Waals surface area contributed by atoms with Gasteiger partial charge in [-0.2, -0.15) is 0 Å². The molecule has 0 fully saturated rings. The molecule has 2 rings (SSSR count). The Morgan fingerprint density at radius 2 is 2.00 bits per heavy atom. The lowest BCUT2D eigenvalue weighted by molar-refractivity contribution is 0.103. The van der Waals surface area contributed by atoms with Crippen molar-refractivity contribution in [1.29, 1.82) is 0 Å². The van der Waals surface area contributed by atoms with E-state index in [9.17, 15) is 4.79 Å². The summed E-state index contributed by atoms with van der Waals surface area (Å²) in [6.45, 7) is 4.32. The number of aromatic nitrogens is 1. The maximum absolute atomic E-state index is 12.4. The van der Waals surface area contributed by atoms with Crippen molar-refractivity contribution in [3.63, 3.8) is 0 Å². The largest absolute Gasteiger partial charge is 0.492 e. The standard InChI is InChI=1S/C15H14ClNO2/c1-3-19-14-7-12(8-17-9-14)15(18)11-4-10(2)5-13(16)6-11/h4-9H,3H2,1-2H3. The second-order valence-corrected chi connectivity index (χ2v) is 4.63. The zero-order valence-electron chi connectivity index (χ0n) is 10.8. The molecule has 0 saturated heterocycles. The third kappa shape index (κ3) is 3.32. The molecular formula is C15H14ClNO2. The monoisotopic (exact) mass is 275 g/mol. The normalized spacial score (nSPS) is 10.3. The zero-order valence-corrected chi connectivity index (χ0v) is 11.6. The Labute approximate surface area is 117 Å². The minimum atomic E-state index is -0.111. The molecule has 0 aliphatic heterocycles. The fraction of sp³-hybridized carbons (Fsp3) is 0.200. The molecule has 0 aliphatic carbocycles. The predicted molar refractivity (Wildman–Crippen MR) is 75.0 cm³/mol. The molecule has 2 aromatic rings. The van der Waals surface area contributed by atoms with Gasteiger partial charge in [-0.15, -0.1) is 0 Å². The number of benzene rings is 1. The fourth-order valence-electron chi connectivity index (χ4n) is 1.82. The van der Waals surface area contributed by atoms with Gasteiger partial charge in [0.25, 0.3) is 0 Å². The van der Waals surface area contributed by atoms with Crippen LogP contribution < -0.4 is 4.74 Å². The minimum absolute atomic E-state index is 0.111. The van der Waals surface area contributed by atoms with Crippen molar-refractivity contribution in [3.8, 4) is 5.75 Å². The van der Waals surface area contributed by atoms with Gasteiger partial charge >= 0.3 is 0 Å². The highest BCUT2D eigenvalue weighted by Crippen LogP contribution is 2.19. The molecule has 0 radical (unpaired) electrons. The summed E-state index contributed by atoms with van der Waals surface area (Å²) in [6.07, 6.45) is 3.12. The van der Waals surface area contributed by atoms with E-state index in [1.165, 1.54) is 6.20 Å². The lowest BCUT2D eigenvalue weighted by atomic mass is 10.0. The Morgan fingerprint density at radius 3 is 2.68 bits per heavy atom. The van der Waals surface area contributed by atoms with Gasteiger partial charge in [-0.05, 0) is 43.7 Å². The molecule has 0 spiro atoms. The lowest BCUT2D eigenvalue weighted by Crippen LogP contribution is -2.03. The fourth-order valence-corrected chi connectivity index (χ4v) is 2.11. The van der Waals surface area contributed by atoms with Gasteiger partial charge in [0.15, 0.2) is 5.78 Å². The summed E-state index contributed by atoms with van der Waals surface area (Å²) in [4.78, 5) is 16.4. The SMILES string of the molecule is CCOc1cncc(C(=O)c2cc(C)cc(Cl)c2)c1. The Hall–Kier alpha value is -1.87. The van der Waals surface area contributed by atoms with Gasteiger partial charge in [0.2, 0.25) is 0 Å². The first-order valence-corrected chi connectivity index (χ1v) is 6.37. The van der Waals surface area contributed by atoms with Crippen LogP contribution in [0.25, 0.3) is 0 Å². The number of hydrogen-bond acceptors (Lipinski definition) is 3. The van der Waals surface area contributed by atoms with Crippen LogP contribution in [0.5, 0.6) is 5.75 Å². The number of hydrogen-bond donors (Lipinski definition) is 0. The number of ether oxygens (including phenoxy) is 1. The van der Waals surface area contributed by atoms with E-state index in [1.807, 2.05) is 26.0 Å². The van der Waals surface area contributed by atoms with E-state index in [4.69, 9.17) is 16.3 Å². The number of carbonyl (C=O) groups excluding carboxylic acids is 1. The average molecular weight is 276 g/mol. The first kappa shape index (κ1) is 13.6. The van der Waals surface area contributed by atoms with Gasteiger partial charge in [0.05, 0.1) is 12.8 Å². The van der Waals surface area contributed by atoms with Crippen molar-refractivity contribution in [3.05, 3.63) is 58.4 Å². The molecule has 0 N–H and O–H groups in total. The van der Waals surface area contributed by atoms with E-state index in [1.54, 1.807) is 18.3 Å². The molecule has 19 heavy (non-hydrogen) atoms. The quantitative estimate of drug-likeness (QED) is 0.799. The van der Waals surface area contributed by atoms with E-state index in [2.05, 4.69) is 4.98 Å². The van der Waals surface area contributed by atoms with Crippen molar-refractivity contribution in [2.45, 2.75) is 13.8 Å². The lowest BCUT2D eigenvalue weighted by Gasteiger charge is -2.06. The molecular weight excluding hydrogens is 262 g/mol. The molecule has 0 atom stereocenters. The van der Waals surface area contributed by atoms with Crippen molar-refractivity contribution in [1.82, 2.24) is 4.98 Å². The highest BCUT2D eigenvalue weighted by atomic mass is 35.5. The van der Waals surface area contributed by atoms with Gasteiger partial charge in [-0.3, -0.25) is 9.78 Å². The van der Waals surface area contributed by atoms with Gasteiger partial charge in [0, 0.05) is 22.3 Å². The highest BCUT2D eigenvalue weighted by molar-refractivity contribution is 6.31. The molecule has 4 heteroatoms. The van der Waals surface area contributed by atoms with Gasteiger partial charge in [-0.1, -0.05) is 11.6 Å². The maximum atomic E-state index is 12.4. The van der Waals surface area contributed by atoms with Crippen LogP contribution in [0.1, 0.15) is 28.4 Å². The summed E-state index contributed by atoms with van der Waals surface area (Å²) in [5.41, 5.74) is 2.00.